The molecule has 0 aliphatic heterocycles. The first-order valence-electron chi connectivity index (χ1n) is 6.86. The van der Waals surface area contributed by atoms with E-state index in [0.29, 0.717) is 19.4 Å². The minimum atomic E-state index is -0.769. The van der Waals surface area contributed by atoms with Crippen LogP contribution in [0.5, 0.6) is 0 Å². The summed E-state index contributed by atoms with van der Waals surface area (Å²) in [5, 5.41) is 20.1. The fourth-order valence-electron chi connectivity index (χ4n) is 2.02. The van der Waals surface area contributed by atoms with Gasteiger partial charge < -0.3 is 5.11 Å². The van der Waals surface area contributed by atoms with Crippen molar-refractivity contribution in [2.75, 3.05) is 0 Å². The van der Waals surface area contributed by atoms with Gasteiger partial charge in [-0.05, 0) is 41.0 Å². The van der Waals surface area contributed by atoms with Gasteiger partial charge in [0.05, 0.1) is 0 Å². The fraction of sp³-hybridized carbons (Fsp3) is 0.429. The quantitative estimate of drug-likeness (QED) is 0.753. The Bertz CT molecular complexity index is 583. The summed E-state index contributed by atoms with van der Waals surface area (Å²) < 4.78 is 14.6. The second-order valence-electron chi connectivity index (χ2n) is 4.83. The SMILES string of the molecule is O=C(O)CCCCCn1nnnc1Cc1ccc(F)cc1. The average Bonchev–Trinajstić information content (AvgIpc) is 2.88. The molecule has 1 heterocycles. The Morgan fingerprint density at radius 3 is 2.67 bits per heavy atom. The normalized spacial score (nSPS) is 10.7. The Labute approximate surface area is 121 Å². The van der Waals surface area contributed by atoms with E-state index in [2.05, 4.69) is 15.5 Å². The predicted octanol–water partition coefficient (Wildman–Crippen LogP) is 2.05. The van der Waals surface area contributed by atoms with Crippen LogP contribution >= 0.6 is 0 Å². The summed E-state index contributed by atoms with van der Waals surface area (Å²) in [6.07, 6.45) is 3.04. The maximum Gasteiger partial charge on any atom is 0.303 e. The van der Waals surface area contributed by atoms with E-state index in [0.717, 1.165) is 24.2 Å². The number of carboxylic acids is 1. The summed E-state index contributed by atoms with van der Waals surface area (Å²) >= 11 is 0. The molecule has 7 heteroatoms. The third-order valence-corrected chi connectivity index (χ3v) is 3.14. The zero-order valence-electron chi connectivity index (χ0n) is 11.6. The van der Waals surface area contributed by atoms with E-state index in [1.807, 2.05) is 0 Å². The number of carbonyl (C=O) groups is 1. The monoisotopic (exact) mass is 292 g/mol. The topological polar surface area (TPSA) is 80.9 Å². The van der Waals surface area contributed by atoms with Crippen molar-refractivity contribution < 1.29 is 14.3 Å². The van der Waals surface area contributed by atoms with Crippen LogP contribution in [0.1, 0.15) is 37.1 Å². The molecular formula is C14H17FN4O2. The van der Waals surface area contributed by atoms with Gasteiger partial charge in [0.1, 0.15) is 5.82 Å². The van der Waals surface area contributed by atoms with E-state index in [4.69, 9.17) is 5.11 Å². The molecule has 0 fully saturated rings. The molecular weight excluding hydrogens is 275 g/mol. The molecule has 0 aliphatic rings. The van der Waals surface area contributed by atoms with Crippen LogP contribution in [0.25, 0.3) is 0 Å². The van der Waals surface area contributed by atoms with E-state index in [1.165, 1.54) is 12.1 Å². The molecule has 1 N–H and O–H groups in total. The maximum absolute atomic E-state index is 12.9. The minimum Gasteiger partial charge on any atom is -0.481 e. The molecule has 21 heavy (non-hydrogen) atoms. The van der Waals surface area contributed by atoms with Crippen LogP contribution in [0, 0.1) is 5.82 Å². The van der Waals surface area contributed by atoms with Crippen LogP contribution in [-0.4, -0.2) is 31.3 Å². The first kappa shape index (κ1) is 15.1. The van der Waals surface area contributed by atoms with E-state index >= 15 is 0 Å². The van der Waals surface area contributed by atoms with E-state index < -0.39 is 5.97 Å². The molecule has 0 saturated carbocycles. The summed E-state index contributed by atoms with van der Waals surface area (Å²) in [5.41, 5.74) is 0.943. The van der Waals surface area contributed by atoms with Gasteiger partial charge in [0.2, 0.25) is 0 Å². The molecule has 1 aromatic heterocycles. The molecule has 0 aliphatic carbocycles. The van der Waals surface area contributed by atoms with Crippen LogP contribution in [-0.2, 0) is 17.8 Å². The highest BCUT2D eigenvalue weighted by Crippen LogP contribution is 2.09. The lowest BCUT2D eigenvalue weighted by Gasteiger charge is -2.04. The zero-order valence-corrected chi connectivity index (χ0v) is 11.6. The number of aryl methyl sites for hydroxylation is 1. The van der Waals surface area contributed by atoms with E-state index in [1.54, 1.807) is 16.8 Å². The zero-order chi connectivity index (χ0) is 15.1. The number of aliphatic carboxylic acids is 1. The lowest BCUT2D eigenvalue weighted by molar-refractivity contribution is -0.137. The first-order valence-corrected chi connectivity index (χ1v) is 6.86. The van der Waals surface area contributed by atoms with Crippen molar-refractivity contribution in [3.8, 4) is 0 Å². The number of benzene rings is 1. The van der Waals surface area contributed by atoms with Crippen molar-refractivity contribution >= 4 is 5.97 Å². The molecule has 6 nitrogen and oxygen atoms in total. The standard InChI is InChI=1S/C14H17FN4O2/c15-12-7-5-11(6-8-12)10-13-16-17-18-19(13)9-3-1-2-4-14(20)21/h5-8H,1-4,9-10H2,(H,20,21). The lowest BCUT2D eigenvalue weighted by Crippen LogP contribution is -2.07. The molecule has 0 spiro atoms. The van der Waals surface area contributed by atoms with Gasteiger partial charge in [0.25, 0.3) is 0 Å². The molecule has 0 bridgehead atoms. The molecule has 0 radical (unpaired) electrons. The Morgan fingerprint density at radius 2 is 1.95 bits per heavy atom. The summed E-state index contributed by atoms with van der Waals surface area (Å²) in [5.74, 6) is -0.314. The van der Waals surface area contributed by atoms with E-state index in [-0.39, 0.29) is 12.2 Å². The van der Waals surface area contributed by atoms with Crippen molar-refractivity contribution in [1.82, 2.24) is 20.2 Å². The Morgan fingerprint density at radius 1 is 1.19 bits per heavy atom. The van der Waals surface area contributed by atoms with Gasteiger partial charge in [-0.25, -0.2) is 9.07 Å². The summed E-state index contributed by atoms with van der Waals surface area (Å²) in [7, 11) is 0. The third-order valence-electron chi connectivity index (χ3n) is 3.14. The largest absolute Gasteiger partial charge is 0.481 e. The number of rotatable bonds is 8. The smallest absolute Gasteiger partial charge is 0.303 e. The average molecular weight is 292 g/mol. The van der Waals surface area contributed by atoms with Gasteiger partial charge in [0.15, 0.2) is 5.82 Å². The first-order chi connectivity index (χ1) is 10.1. The summed E-state index contributed by atoms with van der Waals surface area (Å²) in [4.78, 5) is 10.4. The van der Waals surface area contributed by atoms with Crippen LogP contribution in [0.2, 0.25) is 0 Å². The molecule has 1 aromatic carbocycles. The number of halogens is 1. The molecule has 2 rings (SSSR count). The second-order valence-corrected chi connectivity index (χ2v) is 4.83. The van der Waals surface area contributed by atoms with Crippen LogP contribution < -0.4 is 0 Å². The van der Waals surface area contributed by atoms with Gasteiger partial charge in [-0.3, -0.25) is 4.79 Å². The summed E-state index contributed by atoms with van der Waals surface area (Å²) in [6, 6.07) is 6.24. The molecule has 0 saturated heterocycles. The highest BCUT2D eigenvalue weighted by atomic mass is 19.1. The molecule has 2 aromatic rings. The van der Waals surface area contributed by atoms with Gasteiger partial charge in [0, 0.05) is 19.4 Å². The lowest BCUT2D eigenvalue weighted by atomic mass is 10.1. The number of nitrogens with zero attached hydrogens (tertiary/aromatic N) is 4. The van der Waals surface area contributed by atoms with Gasteiger partial charge in [-0.1, -0.05) is 18.6 Å². The van der Waals surface area contributed by atoms with Crippen LogP contribution in [0.15, 0.2) is 24.3 Å². The summed E-state index contributed by atoms with van der Waals surface area (Å²) in [6.45, 7) is 0.656. The van der Waals surface area contributed by atoms with E-state index in [9.17, 15) is 9.18 Å². The predicted molar refractivity (Wildman–Crippen MR) is 73.1 cm³/mol. The third kappa shape index (κ3) is 4.94. The minimum absolute atomic E-state index is 0.193. The van der Waals surface area contributed by atoms with Crippen molar-refractivity contribution in [2.24, 2.45) is 0 Å². The fourth-order valence-corrected chi connectivity index (χ4v) is 2.02. The highest BCUT2D eigenvalue weighted by Gasteiger charge is 2.07. The van der Waals surface area contributed by atoms with Crippen molar-refractivity contribution in [2.45, 2.75) is 38.6 Å². The number of hydrogen-bond acceptors (Lipinski definition) is 4. The molecule has 112 valence electrons. The highest BCUT2D eigenvalue weighted by molar-refractivity contribution is 5.66. The van der Waals surface area contributed by atoms with Crippen molar-refractivity contribution in [1.29, 1.82) is 0 Å². The van der Waals surface area contributed by atoms with Crippen LogP contribution in [0.4, 0.5) is 4.39 Å². The van der Waals surface area contributed by atoms with Crippen molar-refractivity contribution in [3.63, 3.8) is 0 Å². The van der Waals surface area contributed by atoms with Gasteiger partial charge >= 0.3 is 5.97 Å². The number of carboxylic acid groups (broad SMARTS) is 1. The number of aromatic nitrogens is 4. The second kappa shape index (κ2) is 7.47. The van der Waals surface area contributed by atoms with Gasteiger partial charge in [-0.2, -0.15) is 0 Å². The Hall–Kier alpha value is -2.31. The van der Waals surface area contributed by atoms with Crippen molar-refractivity contribution in [3.05, 3.63) is 41.5 Å². The van der Waals surface area contributed by atoms with Crippen LogP contribution in [0.3, 0.4) is 0 Å². The number of unbranched alkanes of at least 4 members (excludes halogenated alkanes) is 2. The Kier molecular flexibility index (Phi) is 5.36. The van der Waals surface area contributed by atoms with Gasteiger partial charge in [-0.15, -0.1) is 5.10 Å². The Balaban J connectivity index is 1.84. The molecule has 0 atom stereocenters. The maximum atomic E-state index is 12.9. The number of tetrazole rings is 1. The molecule has 0 amide bonds. The molecule has 0 unspecified atom stereocenters. The number of hydrogen-bond donors (Lipinski definition) is 1.